The van der Waals surface area contributed by atoms with E-state index in [1.807, 2.05) is 0 Å². The van der Waals surface area contributed by atoms with Crippen LogP contribution in [0.3, 0.4) is 0 Å². The van der Waals surface area contributed by atoms with Crippen molar-refractivity contribution in [2.75, 3.05) is 13.1 Å². The van der Waals surface area contributed by atoms with Crippen LogP contribution >= 0.6 is 0 Å². The second-order valence-electron chi connectivity index (χ2n) is 7.67. The van der Waals surface area contributed by atoms with E-state index in [-0.39, 0.29) is 6.10 Å². The van der Waals surface area contributed by atoms with Crippen molar-refractivity contribution in [2.45, 2.75) is 83.3 Å². The lowest BCUT2D eigenvalue weighted by atomic mass is 9.69. The molecule has 1 spiro atoms. The van der Waals surface area contributed by atoms with Gasteiger partial charge in [-0.2, -0.15) is 0 Å². The number of hydrogen-bond donors (Lipinski definition) is 1. The van der Waals surface area contributed by atoms with E-state index in [2.05, 4.69) is 11.8 Å². The van der Waals surface area contributed by atoms with E-state index in [0.717, 1.165) is 30.7 Å². The molecule has 1 saturated heterocycles. The fourth-order valence-corrected chi connectivity index (χ4v) is 4.90. The summed E-state index contributed by atoms with van der Waals surface area (Å²) in [5, 5.41) is 9.72. The number of aliphatic hydroxyl groups is 1. The lowest BCUT2D eigenvalue weighted by Crippen LogP contribution is -2.45. The van der Waals surface area contributed by atoms with Crippen molar-refractivity contribution in [1.29, 1.82) is 0 Å². The van der Waals surface area contributed by atoms with Gasteiger partial charge in [0.05, 0.1) is 6.10 Å². The topological polar surface area (TPSA) is 23.5 Å². The van der Waals surface area contributed by atoms with E-state index in [1.165, 1.54) is 57.9 Å². The van der Waals surface area contributed by atoms with Crippen LogP contribution in [-0.4, -0.2) is 35.2 Å². The monoisotopic (exact) mass is 265 g/mol. The number of hydrogen-bond acceptors (Lipinski definition) is 2. The third-order valence-corrected chi connectivity index (χ3v) is 6.31. The maximum atomic E-state index is 9.72. The molecule has 2 saturated carbocycles. The zero-order valence-corrected chi connectivity index (χ0v) is 12.6. The molecule has 0 aromatic carbocycles. The van der Waals surface area contributed by atoms with Gasteiger partial charge in [-0.15, -0.1) is 0 Å². The zero-order valence-electron chi connectivity index (χ0n) is 12.6. The molecular weight excluding hydrogens is 234 g/mol. The summed E-state index contributed by atoms with van der Waals surface area (Å²) in [6.07, 6.45) is 13.9. The highest BCUT2D eigenvalue weighted by atomic mass is 16.3. The Balaban J connectivity index is 1.47. The molecule has 2 unspecified atom stereocenters. The van der Waals surface area contributed by atoms with Crippen molar-refractivity contribution in [3.8, 4) is 0 Å². The molecule has 19 heavy (non-hydrogen) atoms. The van der Waals surface area contributed by atoms with Gasteiger partial charge in [0.1, 0.15) is 0 Å². The lowest BCUT2D eigenvalue weighted by Gasteiger charge is -2.42. The molecule has 3 aliphatic rings. The van der Waals surface area contributed by atoms with Gasteiger partial charge in [0.25, 0.3) is 0 Å². The highest BCUT2D eigenvalue weighted by Gasteiger charge is 2.38. The predicted molar refractivity (Wildman–Crippen MR) is 79.1 cm³/mol. The number of likely N-dealkylation sites (tertiary alicyclic amines) is 1. The van der Waals surface area contributed by atoms with Gasteiger partial charge in [0.2, 0.25) is 0 Å². The highest BCUT2D eigenvalue weighted by molar-refractivity contribution is 4.90. The van der Waals surface area contributed by atoms with Gasteiger partial charge in [0, 0.05) is 19.1 Å². The lowest BCUT2D eigenvalue weighted by molar-refractivity contribution is 0.0297. The van der Waals surface area contributed by atoms with Crippen LogP contribution in [0.25, 0.3) is 0 Å². The van der Waals surface area contributed by atoms with Crippen molar-refractivity contribution in [2.24, 2.45) is 11.3 Å². The average Bonchev–Trinajstić information content (AvgIpc) is 2.84. The Hall–Kier alpha value is -0.0800. The van der Waals surface area contributed by atoms with Crippen LogP contribution in [0.2, 0.25) is 0 Å². The quantitative estimate of drug-likeness (QED) is 0.825. The minimum atomic E-state index is -0.0423. The molecule has 0 amide bonds. The Kier molecular flexibility index (Phi) is 4.19. The first-order valence-electron chi connectivity index (χ1n) is 8.59. The standard InChI is InChI=1S/C17H31NO/c1-14-12-16(19)6-11-18(14)13-15-4-9-17(10-5-15)7-2-3-8-17/h14-16,19H,2-13H2,1H3. The number of piperidine rings is 1. The summed E-state index contributed by atoms with van der Waals surface area (Å²) < 4.78 is 0. The van der Waals surface area contributed by atoms with Crippen LogP contribution in [0.5, 0.6) is 0 Å². The number of rotatable bonds is 2. The van der Waals surface area contributed by atoms with Crippen molar-refractivity contribution in [3.63, 3.8) is 0 Å². The van der Waals surface area contributed by atoms with Gasteiger partial charge >= 0.3 is 0 Å². The third-order valence-electron chi connectivity index (χ3n) is 6.31. The Morgan fingerprint density at radius 2 is 1.74 bits per heavy atom. The summed E-state index contributed by atoms with van der Waals surface area (Å²) >= 11 is 0. The van der Waals surface area contributed by atoms with E-state index in [0.29, 0.717) is 6.04 Å². The van der Waals surface area contributed by atoms with E-state index in [9.17, 15) is 5.11 Å². The molecule has 0 bridgehead atoms. The molecule has 2 heteroatoms. The summed E-state index contributed by atoms with van der Waals surface area (Å²) in [6, 6.07) is 0.589. The first-order chi connectivity index (χ1) is 9.17. The molecule has 3 rings (SSSR count). The Labute approximate surface area is 118 Å². The molecule has 1 aliphatic heterocycles. The zero-order chi connectivity index (χ0) is 13.3. The molecule has 2 atom stereocenters. The van der Waals surface area contributed by atoms with E-state index >= 15 is 0 Å². The molecule has 110 valence electrons. The molecule has 3 fully saturated rings. The summed E-state index contributed by atoms with van der Waals surface area (Å²) in [6.45, 7) is 4.71. The average molecular weight is 265 g/mol. The molecular formula is C17H31NO. The van der Waals surface area contributed by atoms with Crippen molar-refractivity contribution in [1.82, 2.24) is 4.90 Å². The minimum absolute atomic E-state index is 0.0423. The minimum Gasteiger partial charge on any atom is -0.393 e. The summed E-state index contributed by atoms with van der Waals surface area (Å²) in [5.74, 6) is 0.934. The van der Waals surface area contributed by atoms with Crippen LogP contribution in [0, 0.1) is 11.3 Å². The van der Waals surface area contributed by atoms with Gasteiger partial charge in [-0.05, 0) is 69.6 Å². The Morgan fingerprint density at radius 1 is 1.05 bits per heavy atom. The van der Waals surface area contributed by atoms with Crippen LogP contribution in [0.1, 0.15) is 71.1 Å². The van der Waals surface area contributed by atoms with E-state index in [1.54, 1.807) is 0 Å². The first kappa shape index (κ1) is 13.9. The summed E-state index contributed by atoms with van der Waals surface area (Å²) in [7, 11) is 0. The largest absolute Gasteiger partial charge is 0.393 e. The molecule has 1 N–H and O–H groups in total. The molecule has 2 aliphatic carbocycles. The van der Waals surface area contributed by atoms with Gasteiger partial charge in [-0.25, -0.2) is 0 Å². The Morgan fingerprint density at radius 3 is 2.37 bits per heavy atom. The van der Waals surface area contributed by atoms with Crippen molar-refractivity contribution < 1.29 is 5.11 Å². The van der Waals surface area contributed by atoms with E-state index in [4.69, 9.17) is 0 Å². The second kappa shape index (κ2) is 5.73. The predicted octanol–water partition coefficient (Wildman–Crippen LogP) is 3.58. The van der Waals surface area contributed by atoms with Crippen LogP contribution in [0.4, 0.5) is 0 Å². The van der Waals surface area contributed by atoms with Gasteiger partial charge in [-0.3, -0.25) is 0 Å². The van der Waals surface area contributed by atoms with Crippen molar-refractivity contribution >= 4 is 0 Å². The highest BCUT2D eigenvalue weighted by Crippen LogP contribution is 2.50. The SMILES string of the molecule is CC1CC(O)CCN1CC1CCC2(CCCC2)CC1. The van der Waals surface area contributed by atoms with Gasteiger partial charge in [-0.1, -0.05) is 12.8 Å². The molecule has 2 nitrogen and oxygen atoms in total. The first-order valence-corrected chi connectivity index (χ1v) is 8.59. The van der Waals surface area contributed by atoms with Crippen LogP contribution in [-0.2, 0) is 0 Å². The number of nitrogens with zero attached hydrogens (tertiary/aromatic N) is 1. The fourth-order valence-electron chi connectivity index (χ4n) is 4.90. The van der Waals surface area contributed by atoms with Crippen molar-refractivity contribution in [3.05, 3.63) is 0 Å². The van der Waals surface area contributed by atoms with Crippen LogP contribution in [0.15, 0.2) is 0 Å². The normalized spacial score (nSPS) is 36.9. The maximum absolute atomic E-state index is 9.72. The fraction of sp³-hybridized carbons (Fsp3) is 1.00. The molecule has 0 aromatic heterocycles. The smallest absolute Gasteiger partial charge is 0.0567 e. The number of aliphatic hydroxyl groups excluding tert-OH is 1. The van der Waals surface area contributed by atoms with Crippen LogP contribution < -0.4 is 0 Å². The Bertz CT molecular complexity index is 288. The second-order valence-corrected chi connectivity index (χ2v) is 7.67. The third kappa shape index (κ3) is 3.16. The van der Waals surface area contributed by atoms with E-state index < -0.39 is 0 Å². The molecule has 1 heterocycles. The maximum Gasteiger partial charge on any atom is 0.0567 e. The van der Waals surface area contributed by atoms with Gasteiger partial charge < -0.3 is 10.0 Å². The molecule has 0 aromatic rings. The van der Waals surface area contributed by atoms with Gasteiger partial charge in [0.15, 0.2) is 0 Å². The summed E-state index contributed by atoms with van der Waals surface area (Å²) in [5.41, 5.74) is 0.778. The summed E-state index contributed by atoms with van der Waals surface area (Å²) in [4.78, 5) is 2.64. The molecule has 0 radical (unpaired) electrons.